The number of alkyl halides is 9. The van der Waals surface area contributed by atoms with Crippen LogP contribution in [0, 0.1) is 5.41 Å². The van der Waals surface area contributed by atoms with E-state index in [4.69, 9.17) is 11.1 Å². The fourth-order valence-corrected chi connectivity index (χ4v) is 2.73. The van der Waals surface area contributed by atoms with Crippen LogP contribution in [0.1, 0.15) is 11.1 Å². The lowest BCUT2D eigenvalue weighted by atomic mass is 10.0. The van der Waals surface area contributed by atoms with Gasteiger partial charge in [0.25, 0.3) is 0 Å². The lowest BCUT2D eigenvalue weighted by Crippen LogP contribution is -2.31. The van der Waals surface area contributed by atoms with Gasteiger partial charge in [-0.05, 0) is 18.2 Å². The van der Waals surface area contributed by atoms with Crippen molar-refractivity contribution in [2.45, 2.75) is 21.0 Å². The van der Waals surface area contributed by atoms with Crippen molar-refractivity contribution in [3.63, 3.8) is 0 Å². The molecule has 3 N–H and O–H groups in total. The molecule has 0 atom stereocenters. The number of hydrogen-bond donors (Lipinski definition) is 2. The van der Waals surface area contributed by atoms with Gasteiger partial charge in [0.2, 0.25) is 5.62 Å². The molecule has 27 heavy (non-hydrogen) atoms. The van der Waals surface area contributed by atoms with Crippen molar-refractivity contribution in [1.29, 1.82) is 5.41 Å². The summed E-state index contributed by atoms with van der Waals surface area (Å²) < 4.78 is 78.2. The lowest BCUT2D eigenvalue weighted by molar-refractivity contribution is -0.143. The number of anilines is 1. The molecule has 0 spiro atoms. The normalized spacial score (nSPS) is 13.1. The van der Waals surface area contributed by atoms with Gasteiger partial charge in [0.05, 0.1) is 17.7 Å². The number of nitrogens with zero attached hydrogens (tertiary/aromatic N) is 3. The molecule has 1 aromatic carbocycles. The monoisotopic (exact) mass is 585 g/mol. The molecule has 0 saturated heterocycles. The summed E-state index contributed by atoms with van der Waals surface area (Å²) in [4.78, 5) is 3.64. The fraction of sp³-hybridized carbons (Fsp3) is 0.308. The Morgan fingerprint density at radius 3 is 1.85 bits per heavy atom. The highest BCUT2D eigenvalue weighted by Gasteiger charge is 2.37. The number of nitrogen functional groups attached to an aromatic ring is 1. The molecule has 1 aromatic heterocycles. The molecule has 0 saturated carbocycles. The Morgan fingerprint density at radius 1 is 0.963 bits per heavy atom. The summed E-state index contributed by atoms with van der Waals surface area (Å²) in [5.41, 5.74) is 1.20. The van der Waals surface area contributed by atoms with Gasteiger partial charge >= 0.3 is 12.4 Å². The minimum Gasteiger partial charge on any atom is -0.382 e. The van der Waals surface area contributed by atoms with E-state index in [1.807, 2.05) is 0 Å². The molecule has 0 unspecified atom stereocenters. The van der Waals surface area contributed by atoms with Crippen LogP contribution in [-0.4, -0.2) is 16.9 Å². The molecule has 5 nitrogen and oxygen atoms in total. The molecule has 0 aliphatic rings. The number of hydrogen-bond acceptors (Lipinski definition) is 4. The SMILES string of the molecule is N=c1nc(N)c(-c2cc(C(F)(F)F)cc(C(F)(F)F)c2)nn1CC(Br)(Br)Br. The largest absolute Gasteiger partial charge is 0.416 e. The highest BCUT2D eigenvalue weighted by Crippen LogP contribution is 2.39. The number of benzene rings is 1. The molecule has 0 amide bonds. The molecule has 14 heteroatoms. The molecule has 0 aliphatic carbocycles. The number of nitrogens with one attached hydrogen (secondary N) is 1. The van der Waals surface area contributed by atoms with E-state index < -0.39 is 48.3 Å². The van der Waals surface area contributed by atoms with Crippen LogP contribution in [0.5, 0.6) is 0 Å². The van der Waals surface area contributed by atoms with Crippen molar-refractivity contribution in [2.24, 2.45) is 0 Å². The van der Waals surface area contributed by atoms with Gasteiger partial charge in [-0.2, -0.15) is 36.4 Å². The Balaban J connectivity index is 2.73. The quantitative estimate of drug-likeness (QED) is 0.388. The maximum Gasteiger partial charge on any atom is 0.416 e. The topological polar surface area (TPSA) is 80.6 Å². The van der Waals surface area contributed by atoms with Gasteiger partial charge in [-0.1, -0.05) is 47.8 Å². The van der Waals surface area contributed by atoms with Crippen molar-refractivity contribution >= 4 is 53.6 Å². The molecule has 2 aromatic rings. The number of rotatable bonds is 2. The summed E-state index contributed by atoms with van der Waals surface area (Å²) in [5.74, 6) is -0.479. The molecular weight excluding hydrogens is 580 g/mol. The van der Waals surface area contributed by atoms with Gasteiger partial charge in [0.15, 0.2) is 7.96 Å². The molecular formula is C13H8Br3F6N5. The predicted molar refractivity (Wildman–Crippen MR) is 95.2 cm³/mol. The Hall–Kier alpha value is -1.15. The van der Waals surface area contributed by atoms with Crippen LogP contribution in [0.3, 0.4) is 0 Å². The number of halogens is 9. The first kappa shape index (κ1) is 22.1. The second kappa shape index (κ2) is 7.35. The maximum absolute atomic E-state index is 13.0. The van der Waals surface area contributed by atoms with E-state index in [1.165, 1.54) is 0 Å². The summed E-state index contributed by atoms with van der Waals surface area (Å²) in [7, 11) is 0. The molecule has 0 radical (unpaired) electrons. The van der Waals surface area contributed by atoms with Crippen LogP contribution in [0.4, 0.5) is 32.2 Å². The first-order valence-corrected chi connectivity index (χ1v) is 9.11. The lowest BCUT2D eigenvalue weighted by Gasteiger charge is -2.17. The van der Waals surface area contributed by atoms with Gasteiger partial charge in [0, 0.05) is 5.56 Å². The van der Waals surface area contributed by atoms with Crippen molar-refractivity contribution in [2.75, 3.05) is 5.73 Å². The molecule has 2 rings (SSSR count). The van der Waals surface area contributed by atoms with Crippen molar-refractivity contribution in [1.82, 2.24) is 14.8 Å². The number of nitrogens with two attached hydrogens (primary N) is 1. The highest BCUT2D eigenvalue weighted by atomic mass is 80.0. The Bertz CT molecular complexity index is 884. The Labute approximate surface area is 172 Å². The van der Waals surface area contributed by atoms with Gasteiger partial charge in [-0.25, -0.2) is 4.68 Å². The van der Waals surface area contributed by atoms with Gasteiger partial charge in [0.1, 0.15) is 5.69 Å². The van der Waals surface area contributed by atoms with E-state index in [9.17, 15) is 26.3 Å². The minimum absolute atomic E-state index is 0.000500. The van der Waals surface area contributed by atoms with Gasteiger partial charge in [-0.15, -0.1) is 0 Å². The van der Waals surface area contributed by atoms with Crippen LogP contribution >= 0.6 is 47.8 Å². The Kier molecular flexibility index (Phi) is 6.03. The molecule has 0 bridgehead atoms. The first-order valence-electron chi connectivity index (χ1n) is 6.74. The summed E-state index contributed by atoms with van der Waals surface area (Å²) in [5, 5.41) is 11.6. The summed E-state index contributed by atoms with van der Waals surface area (Å²) in [6, 6.07) is 0.987. The van der Waals surface area contributed by atoms with E-state index in [2.05, 4.69) is 57.9 Å². The molecule has 0 fully saturated rings. The van der Waals surface area contributed by atoms with E-state index in [0.29, 0.717) is 12.1 Å². The standard InChI is InChI=1S/C13H8Br3F6N5/c14-11(15,16)4-27-10(24)25-9(23)8(26-27)5-1-6(12(17,18)19)3-7(2-5)13(20,21)22/h1-3H,4H2,(H3,23,24,25). The zero-order valence-corrected chi connectivity index (χ0v) is 17.5. The van der Waals surface area contributed by atoms with Crippen molar-refractivity contribution < 1.29 is 26.3 Å². The van der Waals surface area contributed by atoms with E-state index >= 15 is 0 Å². The smallest absolute Gasteiger partial charge is 0.382 e. The number of aromatic nitrogens is 3. The second-order valence-electron chi connectivity index (χ2n) is 5.24. The van der Waals surface area contributed by atoms with Crippen LogP contribution in [-0.2, 0) is 18.9 Å². The molecule has 1 heterocycles. The van der Waals surface area contributed by atoms with Gasteiger partial charge < -0.3 is 5.73 Å². The van der Waals surface area contributed by atoms with Crippen LogP contribution in [0.15, 0.2) is 18.2 Å². The molecule has 0 aliphatic heterocycles. The van der Waals surface area contributed by atoms with Crippen LogP contribution < -0.4 is 11.4 Å². The average molecular weight is 588 g/mol. The molecule has 148 valence electrons. The highest BCUT2D eigenvalue weighted by molar-refractivity contribution is 9.39. The second-order valence-corrected chi connectivity index (χ2v) is 12.5. The average Bonchev–Trinajstić information content (AvgIpc) is 2.46. The maximum atomic E-state index is 13.0. The van der Waals surface area contributed by atoms with Gasteiger partial charge in [-0.3, -0.25) is 5.41 Å². The zero-order valence-electron chi connectivity index (χ0n) is 12.8. The van der Waals surface area contributed by atoms with E-state index in [0.717, 1.165) is 4.68 Å². The summed E-state index contributed by atoms with van der Waals surface area (Å²) in [6.45, 7) is -0.0861. The van der Waals surface area contributed by atoms with Crippen LogP contribution in [0.25, 0.3) is 11.3 Å². The van der Waals surface area contributed by atoms with E-state index in [-0.39, 0.29) is 12.6 Å². The summed E-state index contributed by atoms with van der Waals surface area (Å²) >= 11 is 9.47. The van der Waals surface area contributed by atoms with Crippen molar-refractivity contribution in [3.05, 3.63) is 34.9 Å². The third-order valence-electron chi connectivity index (χ3n) is 3.12. The summed E-state index contributed by atoms with van der Waals surface area (Å²) in [6.07, 6.45) is -10.0. The fourth-order valence-electron chi connectivity index (χ4n) is 2.02. The van der Waals surface area contributed by atoms with E-state index in [1.54, 1.807) is 0 Å². The third kappa shape index (κ3) is 5.67. The first-order chi connectivity index (χ1) is 12.1. The zero-order chi connectivity index (χ0) is 20.8. The van der Waals surface area contributed by atoms with Crippen molar-refractivity contribution in [3.8, 4) is 11.3 Å². The Morgan fingerprint density at radius 2 is 1.44 bits per heavy atom. The minimum atomic E-state index is -5.01. The third-order valence-corrected chi connectivity index (χ3v) is 3.88. The van der Waals surface area contributed by atoms with Crippen LogP contribution in [0.2, 0.25) is 0 Å². The predicted octanol–water partition coefficient (Wildman–Crippen LogP) is 4.88.